The molecule has 2 saturated carbocycles. The van der Waals surface area contributed by atoms with Gasteiger partial charge < -0.3 is 14.2 Å². The van der Waals surface area contributed by atoms with E-state index < -0.39 is 0 Å². The molecular formula is C23H40O5. The van der Waals surface area contributed by atoms with Crippen molar-refractivity contribution in [2.24, 2.45) is 23.7 Å². The van der Waals surface area contributed by atoms with E-state index in [1.807, 2.05) is 13.8 Å². The first-order valence-corrected chi connectivity index (χ1v) is 11.4. The zero-order valence-electron chi connectivity index (χ0n) is 18.3. The van der Waals surface area contributed by atoms with Crippen LogP contribution in [0.2, 0.25) is 0 Å². The van der Waals surface area contributed by atoms with Crippen molar-refractivity contribution < 1.29 is 23.8 Å². The monoisotopic (exact) mass is 396 g/mol. The molecule has 28 heavy (non-hydrogen) atoms. The van der Waals surface area contributed by atoms with Gasteiger partial charge in [0.15, 0.2) is 6.79 Å². The highest BCUT2D eigenvalue weighted by Gasteiger charge is 2.34. The summed E-state index contributed by atoms with van der Waals surface area (Å²) >= 11 is 0. The second-order valence-corrected chi connectivity index (χ2v) is 9.11. The van der Waals surface area contributed by atoms with E-state index in [1.165, 1.54) is 19.3 Å². The summed E-state index contributed by atoms with van der Waals surface area (Å²) in [6.45, 7) is 8.11. The quantitative estimate of drug-likeness (QED) is 0.393. The molecular weight excluding hydrogens is 356 g/mol. The van der Waals surface area contributed by atoms with E-state index in [4.69, 9.17) is 14.2 Å². The van der Waals surface area contributed by atoms with Crippen molar-refractivity contribution in [1.29, 1.82) is 0 Å². The Morgan fingerprint density at radius 3 is 2.39 bits per heavy atom. The lowest BCUT2D eigenvalue weighted by molar-refractivity contribution is -0.169. The van der Waals surface area contributed by atoms with Crippen LogP contribution in [0.15, 0.2) is 0 Å². The van der Waals surface area contributed by atoms with Gasteiger partial charge in [-0.3, -0.25) is 9.59 Å². The minimum Gasteiger partial charge on any atom is -0.462 e. The smallest absolute Gasteiger partial charge is 0.311 e. The fourth-order valence-corrected chi connectivity index (χ4v) is 4.43. The first-order chi connectivity index (χ1) is 13.4. The van der Waals surface area contributed by atoms with Crippen LogP contribution in [0.25, 0.3) is 0 Å². The second-order valence-electron chi connectivity index (χ2n) is 9.11. The van der Waals surface area contributed by atoms with E-state index in [1.54, 1.807) is 0 Å². The molecule has 0 bridgehead atoms. The van der Waals surface area contributed by atoms with Crippen LogP contribution in [0.4, 0.5) is 0 Å². The maximum atomic E-state index is 12.5. The number of rotatable bonds is 9. The molecule has 2 rings (SSSR count). The van der Waals surface area contributed by atoms with E-state index in [0.29, 0.717) is 11.8 Å². The van der Waals surface area contributed by atoms with Crippen LogP contribution in [0.5, 0.6) is 0 Å². The minimum absolute atomic E-state index is 0.0607. The topological polar surface area (TPSA) is 61.8 Å². The summed E-state index contributed by atoms with van der Waals surface area (Å²) < 4.78 is 16.9. The third-order valence-electron chi connectivity index (χ3n) is 6.53. The average molecular weight is 397 g/mol. The van der Waals surface area contributed by atoms with E-state index in [2.05, 4.69) is 13.8 Å². The van der Waals surface area contributed by atoms with Gasteiger partial charge in [-0.2, -0.15) is 0 Å². The normalized spacial score (nSPS) is 27.4. The van der Waals surface area contributed by atoms with Gasteiger partial charge >= 0.3 is 11.9 Å². The molecule has 2 aliphatic rings. The highest BCUT2D eigenvalue weighted by molar-refractivity contribution is 5.72. The Hall–Kier alpha value is -1.10. The fraction of sp³-hybridized carbons (Fsp3) is 0.913. The molecule has 0 aromatic heterocycles. The number of carbonyl (C=O) groups is 2. The van der Waals surface area contributed by atoms with Gasteiger partial charge in [-0.25, -0.2) is 0 Å². The van der Waals surface area contributed by atoms with Crippen molar-refractivity contribution in [2.75, 3.05) is 6.79 Å². The molecule has 5 nitrogen and oxygen atoms in total. The highest BCUT2D eigenvalue weighted by atomic mass is 16.7. The predicted molar refractivity (Wildman–Crippen MR) is 109 cm³/mol. The number of carbonyl (C=O) groups excluding carboxylic acids is 2. The maximum Gasteiger partial charge on any atom is 0.311 e. The molecule has 0 saturated heterocycles. The van der Waals surface area contributed by atoms with Gasteiger partial charge in [0.05, 0.1) is 17.9 Å². The van der Waals surface area contributed by atoms with Gasteiger partial charge in [0.2, 0.25) is 0 Å². The van der Waals surface area contributed by atoms with Crippen LogP contribution in [-0.4, -0.2) is 30.9 Å². The van der Waals surface area contributed by atoms with Crippen LogP contribution >= 0.6 is 0 Å². The summed E-state index contributed by atoms with van der Waals surface area (Å²) in [6, 6.07) is 0. The van der Waals surface area contributed by atoms with E-state index in [0.717, 1.165) is 44.9 Å². The molecule has 2 fully saturated rings. The summed E-state index contributed by atoms with van der Waals surface area (Å²) in [4.78, 5) is 24.5. The molecule has 0 aliphatic heterocycles. The van der Waals surface area contributed by atoms with Gasteiger partial charge in [-0.05, 0) is 56.8 Å². The first kappa shape index (κ1) is 23.2. The molecule has 0 spiro atoms. The van der Waals surface area contributed by atoms with Crippen LogP contribution in [0, 0.1) is 23.7 Å². The van der Waals surface area contributed by atoms with Gasteiger partial charge in [-0.15, -0.1) is 0 Å². The highest BCUT2D eigenvalue weighted by Crippen LogP contribution is 2.38. The van der Waals surface area contributed by atoms with Gasteiger partial charge in [0, 0.05) is 0 Å². The van der Waals surface area contributed by atoms with E-state index in [9.17, 15) is 9.59 Å². The SMILES string of the molecule is CCC(CC1CC(C(=O)OCOC2CCCCC2)CCC1C)OC(=O)C(C)C. The summed E-state index contributed by atoms with van der Waals surface area (Å²) in [5.41, 5.74) is 0. The summed E-state index contributed by atoms with van der Waals surface area (Å²) in [5, 5.41) is 0. The molecule has 0 radical (unpaired) electrons. The maximum absolute atomic E-state index is 12.5. The Kier molecular flexibility index (Phi) is 9.76. The Morgan fingerprint density at radius 1 is 1.04 bits per heavy atom. The predicted octanol–water partition coefficient (Wildman–Crippen LogP) is 5.26. The summed E-state index contributed by atoms with van der Waals surface area (Å²) in [5.74, 6) is 0.495. The van der Waals surface area contributed by atoms with Crippen LogP contribution in [0.3, 0.4) is 0 Å². The molecule has 4 atom stereocenters. The average Bonchev–Trinajstić information content (AvgIpc) is 2.69. The van der Waals surface area contributed by atoms with Crippen molar-refractivity contribution in [3.63, 3.8) is 0 Å². The third-order valence-corrected chi connectivity index (χ3v) is 6.53. The van der Waals surface area contributed by atoms with Gasteiger partial charge in [0.1, 0.15) is 6.10 Å². The number of hydrogen-bond acceptors (Lipinski definition) is 5. The Labute approximate surface area is 170 Å². The van der Waals surface area contributed by atoms with Gasteiger partial charge in [0.25, 0.3) is 0 Å². The number of ether oxygens (including phenoxy) is 3. The van der Waals surface area contributed by atoms with Crippen molar-refractivity contribution in [2.45, 2.75) is 104 Å². The fourth-order valence-electron chi connectivity index (χ4n) is 4.43. The molecule has 0 heterocycles. The molecule has 0 aromatic rings. The molecule has 5 heteroatoms. The van der Waals surface area contributed by atoms with E-state index >= 15 is 0 Å². The molecule has 162 valence electrons. The lowest BCUT2D eigenvalue weighted by Gasteiger charge is -2.35. The molecule has 4 unspecified atom stereocenters. The Morgan fingerprint density at radius 2 is 1.75 bits per heavy atom. The van der Waals surface area contributed by atoms with Gasteiger partial charge in [-0.1, -0.05) is 47.0 Å². The third kappa shape index (κ3) is 7.38. The van der Waals surface area contributed by atoms with Crippen LogP contribution < -0.4 is 0 Å². The van der Waals surface area contributed by atoms with Crippen molar-refractivity contribution in [3.05, 3.63) is 0 Å². The summed E-state index contributed by atoms with van der Waals surface area (Å²) in [6.07, 6.45) is 10.4. The minimum atomic E-state index is -0.133. The van der Waals surface area contributed by atoms with Crippen molar-refractivity contribution in [3.8, 4) is 0 Å². The zero-order chi connectivity index (χ0) is 20.5. The molecule has 0 aromatic carbocycles. The van der Waals surface area contributed by atoms with Crippen molar-refractivity contribution >= 4 is 11.9 Å². The molecule has 2 aliphatic carbocycles. The molecule has 0 amide bonds. The largest absolute Gasteiger partial charge is 0.462 e. The van der Waals surface area contributed by atoms with E-state index in [-0.39, 0.29) is 42.8 Å². The Bertz CT molecular complexity index is 483. The van der Waals surface area contributed by atoms with Crippen LogP contribution in [0.1, 0.15) is 91.9 Å². The lowest BCUT2D eigenvalue weighted by atomic mass is 9.72. The second kappa shape index (κ2) is 11.8. The Balaban J connectivity index is 1.78. The number of hydrogen-bond donors (Lipinski definition) is 0. The summed E-state index contributed by atoms with van der Waals surface area (Å²) in [7, 11) is 0. The van der Waals surface area contributed by atoms with Crippen molar-refractivity contribution in [1.82, 2.24) is 0 Å². The number of esters is 2. The standard InChI is InChI=1S/C23H40O5/c1-5-20(28-22(24)16(2)3)14-19-13-18(12-11-17(19)4)23(25)27-15-26-21-9-7-6-8-10-21/h16-21H,5-15H2,1-4H3. The first-order valence-electron chi connectivity index (χ1n) is 11.4. The lowest BCUT2D eigenvalue weighted by Crippen LogP contribution is -2.33. The zero-order valence-corrected chi connectivity index (χ0v) is 18.3. The van der Waals surface area contributed by atoms with Crippen LogP contribution in [-0.2, 0) is 23.8 Å². The molecule has 0 N–H and O–H groups in total.